The number of nitrogen functional groups attached to an aromatic ring is 1. The van der Waals surface area contributed by atoms with Gasteiger partial charge in [-0.3, -0.25) is 9.78 Å². The number of rotatable bonds is 6. The normalized spacial score (nSPS) is 10.3. The van der Waals surface area contributed by atoms with Crippen molar-refractivity contribution in [2.75, 3.05) is 20.0 Å². The van der Waals surface area contributed by atoms with E-state index < -0.39 is 5.56 Å². The van der Waals surface area contributed by atoms with E-state index in [9.17, 15) is 9.70 Å². The van der Waals surface area contributed by atoms with Crippen LogP contribution in [0.2, 0.25) is 0 Å². The van der Waals surface area contributed by atoms with Crippen LogP contribution >= 0.6 is 12.2 Å². The molecule has 0 saturated carbocycles. The van der Waals surface area contributed by atoms with E-state index in [1.165, 1.54) is 4.57 Å². The lowest BCUT2D eigenvalue weighted by Crippen LogP contribution is -2.18. The minimum Gasteiger partial charge on any atom is -0.493 e. The van der Waals surface area contributed by atoms with Gasteiger partial charge < -0.3 is 19.8 Å². The third kappa shape index (κ3) is 3.39. The lowest BCUT2D eigenvalue weighted by atomic mass is 10.1. The number of nitroso groups, excluding NO2 is 1. The number of hydrogen-bond donors (Lipinski definition) is 2. The summed E-state index contributed by atoms with van der Waals surface area (Å²) < 4.78 is 12.0. The van der Waals surface area contributed by atoms with Gasteiger partial charge in [0.25, 0.3) is 5.56 Å². The first-order valence-electron chi connectivity index (χ1n) is 6.68. The molecule has 1 aromatic carbocycles. The van der Waals surface area contributed by atoms with Crippen molar-refractivity contribution in [1.29, 1.82) is 0 Å². The number of nitrogens with one attached hydrogen (secondary N) is 1. The third-order valence-corrected chi connectivity index (χ3v) is 3.70. The third-order valence-electron chi connectivity index (χ3n) is 3.38. The lowest BCUT2D eigenvalue weighted by molar-refractivity contribution is 0.354. The zero-order chi connectivity index (χ0) is 17.0. The molecular formula is C14H16N4O4S. The van der Waals surface area contributed by atoms with Crippen molar-refractivity contribution in [3.63, 3.8) is 0 Å². The number of aromatic nitrogens is 2. The van der Waals surface area contributed by atoms with Gasteiger partial charge in [-0.25, -0.2) is 0 Å². The maximum absolute atomic E-state index is 11.5. The second-order valence-corrected chi connectivity index (χ2v) is 5.06. The summed E-state index contributed by atoms with van der Waals surface area (Å²) in [4.78, 5) is 24.6. The lowest BCUT2D eigenvalue weighted by Gasteiger charge is -2.12. The molecule has 8 nitrogen and oxygen atoms in total. The minimum atomic E-state index is -0.690. The number of ether oxygens (including phenoxy) is 2. The van der Waals surface area contributed by atoms with Gasteiger partial charge in [0.2, 0.25) is 5.69 Å². The van der Waals surface area contributed by atoms with Crippen LogP contribution in [0, 0.1) is 9.68 Å². The highest BCUT2D eigenvalue weighted by Crippen LogP contribution is 2.28. The summed E-state index contributed by atoms with van der Waals surface area (Å²) in [5.74, 6) is 1.19. The molecule has 122 valence electrons. The standard InChI is InChI=1S/C14H16N4O4S/c1-21-9-4-3-8(7-10(9)22-2)5-6-18-12(15)11(17-20)13(19)16-14(18)23/h3-4,7H,5-6,15H2,1-2H3,(H,16,19,23). The average molecular weight is 336 g/mol. The van der Waals surface area contributed by atoms with Gasteiger partial charge >= 0.3 is 0 Å². The number of hydrogen-bond acceptors (Lipinski definition) is 7. The fourth-order valence-electron chi connectivity index (χ4n) is 2.16. The topological polar surface area (TPSA) is 112 Å². The van der Waals surface area contributed by atoms with E-state index in [2.05, 4.69) is 10.2 Å². The molecule has 0 bridgehead atoms. The summed E-state index contributed by atoms with van der Waals surface area (Å²) in [6, 6.07) is 5.51. The molecule has 0 atom stereocenters. The van der Waals surface area contributed by atoms with Gasteiger partial charge in [0, 0.05) is 6.54 Å². The number of aromatic amines is 1. The fourth-order valence-corrected chi connectivity index (χ4v) is 2.45. The van der Waals surface area contributed by atoms with Crippen molar-refractivity contribution in [1.82, 2.24) is 9.55 Å². The molecule has 0 amide bonds. The molecule has 1 heterocycles. The number of H-pyrrole nitrogens is 1. The first kappa shape index (κ1) is 16.7. The molecule has 0 unspecified atom stereocenters. The Morgan fingerprint density at radius 2 is 2.00 bits per heavy atom. The van der Waals surface area contributed by atoms with Crippen LogP contribution in [-0.2, 0) is 13.0 Å². The number of nitrogens with two attached hydrogens (primary N) is 1. The summed E-state index contributed by atoms with van der Waals surface area (Å²) in [6.45, 7) is 0.374. The zero-order valence-electron chi connectivity index (χ0n) is 12.7. The van der Waals surface area contributed by atoms with Gasteiger partial charge in [-0.2, -0.15) is 0 Å². The van der Waals surface area contributed by atoms with E-state index in [0.717, 1.165) is 5.56 Å². The van der Waals surface area contributed by atoms with Crippen LogP contribution in [0.3, 0.4) is 0 Å². The highest BCUT2D eigenvalue weighted by atomic mass is 32.1. The molecule has 1 aromatic heterocycles. The van der Waals surface area contributed by atoms with Crippen LogP contribution in [0.25, 0.3) is 0 Å². The Morgan fingerprint density at radius 3 is 2.61 bits per heavy atom. The number of benzene rings is 1. The van der Waals surface area contributed by atoms with E-state index >= 15 is 0 Å². The molecule has 0 fully saturated rings. The van der Waals surface area contributed by atoms with Gasteiger partial charge in [0.1, 0.15) is 5.82 Å². The predicted octanol–water partition coefficient (Wildman–Crippen LogP) is 2.15. The molecule has 0 aliphatic heterocycles. The summed E-state index contributed by atoms with van der Waals surface area (Å²) in [5, 5.41) is 2.65. The molecule has 0 spiro atoms. The van der Waals surface area contributed by atoms with Crippen molar-refractivity contribution < 1.29 is 9.47 Å². The monoisotopic (exact) mass is 336 g/mol. The first-order chi connectivity index (χ1) is 11.0. The van der Waals surface area contributed by atoms with Gasteiger partial charge in [-0.05, 0) is 41.5 Å². The largest absolute Gasteiger partial charge is 0.493 e. The molecule has 2 rings (SSSR count). The van der Waals surface area contributed by atoms with E-state index in [1.54, 1.807) is 20.3 Å². The number of anilines is 1. The van der Waals surface area contributed by atoms with Crippen molar-refractivity contribution in [2.24, 2.45) is 5.18 Å². The van der Waals surface area contributed by atoms with E-state index in [0.29, 0.717) is 24.5 Å². The van der Waals surface area contributed by atoms with Crippen molar-refractivity contribution in [2.45, 2.75) is 13.0 Å². The SMILES string of the molecule is COc1ccc(CCn2c(N)c(N=O)c(=O)[nH]c2=S)cc1OC. The molecule has 0 saturated heterocycles. The minimum absolute atomic E-state index is 0.0470. The Hall–Kier alpha value is -2.68. The maximum Gasteiger partial charge on any atom is 0.283 e. The van der Waals surface area contributed by atoms with E-state index in [4.69, 9.17) is 27.4 Å². The second kappa shape index (κ2) is 7.05. The number of nitrogens with zero attached hydrogens (tertiary/aromatic N) is 2. The van der Waals surface area contributed by atoms with Crippen LogP contribution < -0.4 is 20.8 Å². The Labute approximate surface area is 136 Å². The van der Waals surface area contributed by atoms with Gasteiger partial charge in [-0.15, -0.1) is 4.91 Å². The maximum atomic E-state index is 11.5. The highest BCUT2D eigenvalue weighted by molar-refractivity contribution is 7.71. The van der Waals surface area contributed by atoms with Crippen molar-refractivity contribution >= 4 is 23.7 Å². The molecule has 0 radical (unpaired) electrons. The second-order valence-electron chi connectivity index (χ2n) is 4.68. The molecule has 2 aromatic rings. The molecule has 9 heteroatoms. The smallest absolute Gasteiger partial charge is 0.283 e. The molecular weight excluding hydrogens is 320 g/mol. The molecule has 23 heavy (non-hydrogen) atoms. The van der Waals surface area contributed by atoms with E-state index in [-0.39, 0.29) is 16.3 Å². The summed E-state index contributed by atoms with van der Waals surface area (Å²) >= 11 is 5.08. The zero-order valence-corrected chi connectivity index (χ0v) is 13.5. The molecule has 3 N–H and O–H groups in total. The van der Waals surface area contributed by atoms with Crippen LogP contribution in [0.5, 0.6) is 11.5 Å². The Balaban J connectivity index is 2.30. The quantitative estimate of drug-likeness (QED) is 0.617. The highest BCUT2D eigenvalue weighted by Gasteiger charge is 2.12. The number of methoxy groups -OCH3 is 2. The van der Waals surface area contributed by atoms with Gasteiger partial charge in [0.15, 0.2) is 16.3 Å². The molecule has 0 aliphatic carbocycles. The fraction of sp³-hybridized carbons (Fsp3) is 0.286. The Bertz CT molecular complexity index is 844. The predicted molar refractivity (Wildman–Crippen MR) is 89.0 cm³/mol. The molecule has 0 aliphatic rings. The van der Waals surface area contributed by atoms with Gasteiger partial charge in [-0.1, -0.05) is 6.07 Å². The van der Waals surface area contributed by atoms with Crippen LogP contribution in [-0.4, -0.2) is 23.8 Å². The summed E-state index contributed by atoms with van der Waals surface area (Å²) in [5.41, 5.74) is 5.69. The van der Waals surface area contributed by atoms with Gasteiger partial charge in [0.05, 0.1) is 14.2 Å². The summed E-state index contributed by atoms with van der Waals surface area (Å²) in [7, 11) is 3.12. The van der Waals surface area contributed by atoms with Crippen LogP contribution in [0.15, 0.2) is 28.2 Å². The van der Waals surface area contributed by atoms with Crippen molar-refractivity contribution in [3.05, 3.63) is 43.8 Å². The van der Waals surface area contributed by atoms with Crippen LogP contribution in [0.1, 0.15) is 5.56 Å². The summed E-state index contributed by atoms with van der Waals surface area (Å²) in [6.07, 6.45) is 0.559. The Kier molecular flexibility index (Phi) is 5.12. The van der Waals surface area contributed by atoms with Crippen LogP contribution in [0.4, 0.5) is 11.5 Å². The first-order valence-corrected chi connectivity index (χ1v) is 7.09. The Morgan fingerprint density at radius 1 is 1.30 bits per heavy atom. The number of aryl methyl sites for hydroxylation is 1. The van der Waals surface area contributed by atoms with Crippen molar-refractivity contribution in [3.8, 4) is 11.5 Å². The average Bonchev–Trinajstić information content (AvgIpc) is 2.54. The van der Waals surface area contributed by atoms with E-state index in [1.807, 2.05) is 12.1 Å².